The van der Waals surface area contributed by atoms with Gasteiger partial charge in [0, 0.05) is 12.2 Å². The monoisotopic (exact) mass is 298 g/mol. The van der Waals surface area contributed by atoms with Crippen LogP contribution < -0.4 is 11.1 Å². The number of fused-ring (bicyclic) bond motifs is 1. The van der Waals surface area contributed by atoms with Crippen molar-refractivity contribution in [3.63, 3.8) is 0 Å². The van der Waals surface area contributed by atoms with E-state index in [1.165, 1.54) is 10.5 Å². The van der Waals surface area contributed by atoms with Gasteiger partial charge in [-0.15, -0.1) is 10.2 Å². The molecule has 1 aliphatic carbocycles. The molecule has 3 N–H and O–H groups in total. The highest BCUT2D eigenvalue weighted by atomic mass is 19.4. The fourth-order valence-corrected chi connectivity index (χ4v) is 1.85. The van der Waals surface area contributed by atoms with E-state index in [4.69, 9.17) is 5.73 Å². The van der Waals surface area contributed by atoms with Gasteiger partial charge in [0.05, 0.1) is 5.56 Å². The third-order valence-electron chi connectivity index (χ3n) is 3.12. The smallest absolute Gasteiger partial charge is 0.370 e. The van der Waals surface area contributed by atoms with E-state index < -0.39 is 11.7 Å². The van der Waals surface area contributed by atoms with Crippen LogP contribution in [0.2, 0.25) is 0 Å². The Balaban J connectivity index is 1.84. The third kappa shape index (κ3) is 3.06. The minimum atomic E-state index is -4.41. The number of rotatable bonds is 3. The highest BCUT2D eigenvalue weighted by molar-refractivity contribution is 5.78. The highest BCUT2D eigenvalue weighted by Crippen LogP contribution is 2.29. The van der Waals surface area contributed by atoms with E-state index in [0.717, 1.165) is 25.1 Å². The Morgan fingerprint density at radius 3 is 2.81 bits per heavy atom. The molecule has 21 heavy (non-hydrogen) atoms. The summed E-state index contributed by atoms with van der Waals surface area (Å²) in [5.74, 6) is 0.567. The Labute approximate surface area is 117 Å². The van der Waals surface area contributed by atoms with Gasteiger partial charge in [-0.1, -0.05) is 0 Å². The molecule has 2 aromatic rings. The predicted molar refractivity (Wildman–Crippen MR) is 69.5 cm³/mol. The zero-order chi connectivity index (χ0) is 15.0. The van der Waals surface area contributed by atoms with Crippen LogP contribution >= 0.6 is 0 Å². The normalized spacial score (nSPS) is 16.4. The number of nitrogens with zero attached hydrogens (tertiary/aromatic N) is 4. The van der Waals surface area contributed by atoms with Crippen LogP contribution in [0.15, 0.2) is 23.3 Å². The zero-order valence-corrected chi connectivity index (χ0v) is 10.9. The van der Waals surface area contributed by atoms with E-state index in [0.29, 0.717) is 17.5 Å². The van der Waals surface area contributed by atoms with Crippen molar-refractivity contribution in [3.05, 3.63) is 29.7 Å². The molecule has 0 spiro atoms. The molecule has 3 rings (SSSR count). The molecule has 0 atom stereocenters. The molecule has 1 saturated carbocycles. The number of aliphatic imine (C=N–C) groups is 1. The van der Waals surface area contributed by atoms with E-state index in [1.54, 1.807) is 0 Å². The van der Waals surface area contributed by atoms with Gasteiger partial charge in [0.1, 0.15) is 6.54 Å². The van der Waals surface area contributed by atoms with Gasteiger partial charge >= 0.3 is 6.18 Å². The fraction of sp³-hybridized carbons (Fsp3) is 0.417. The zero-order valence-electron chi connectivity index (χ0n) is 10.9. The Morgan fingerprint density at radius 1 is 1.38 bits per heavy atom. The lowest BCUT2D eigenvalue weighted by atomic mass is 10.3. The minimum absolute atomic E-state index is 0.0635. The first-order chi connectivity index (χ1) is 9.93. The van der Waals surface area contributed by atoms with Crippen molar-refractivity contribution in [3.8, 4) is 0 Å². The summed E-state index contributed by atoms with van der Waals surface area (Å²) >= 11 is 0. The predicted octanol–water partition coefficient (Wildman–Crippen LogP) is 1.31. The second-order valence-electron chi connectivity index (χ2n) is 4.88. The number of halogens is 3. The Morgan fingerprint density at radius 2 is 2.14 bits per heavy atom. The third-order valence-corrected chi connectivity index (χ3v) is 3.12. The molecule has 0 aromatic carbocycles. The van der Waals surface area contributed by atoms with Crippen molar-refractivity contribution < 1.29 is 13.2 Å². The van der Waals surface area contributed by atoms with Crippen LogP contribution in [0.3, 0.4) is 0 Å². The maximum atomic E-state index is 12.7. The Hall–Kier alpha value is -2.32. The molecule has 2 aromatic heterocycles. The average Bonchev–Trinajstić information content (AvgIpc) is 3.13. The quantitative estimate of drug-likeness (QED) is 0.661. The van der Waals surface area contributed by atoms with Crippen LogP contribution in [0.4, 0.5) is 13.2 Å². The molecule has 1 fully saturated rings. The number of guanidine groups is 1. The topological polar surface area (TPSA) is 80.6 Å². The Kier molecular flexibility index (Phi) is 3.19. The van der Waals surface area contributed by atoms with Crippen molar-refractivity contribution in [1.29, 1.82) is 0 Å². The largest absolute Gasteiger partial charge is 0.417 e. The summed E-state index contributed by atoms with van der Waals surface area (Å²) in [6, 6.07) is 2.61. The second-order valence-corrected chi connectivity index (χ2v) is 4.88. The highest BCUT2D eigenvalue weighted by Gasteiger charge is 2.31. The first-order valence-corrected chi connectivity index (χ1v) is 6.41. The van der Waals surface area contributed by atoms with Crippen molar-refractivity contribution in [2.45, 2.75) is 31.6 Å². The van der Waals surface area contributed by atoms with E-state index in [2.05, 4.69) is 20.5 Å². The molecule has 0 amide bonds. The molecule has 2 heterocycles. The molecule has 0 unspecified atom stereocenters. The maximum Gasteiger partial charge on any atom is 0.417 e. The lowest BCUT2D eigenvalue weighted by molar-refractivity contribution is -0.137. The first-order valence-electron chi connectivity index (χ1n) is 6.41. The van der Waals surface area contributed by atoms with Crippen LogP contribution in [0.25, 0.3) is 5.65 Å². The van der Waals surface area contributed by atoms with Crippen molar-refractivity contribution in [2.75, 3.05) is 0 Å². The number of pyridine rings is 1. The summed E-state index contributed by atoms with van der Waals surface area (Å²) in [6.45, 7) is 0.0635. The number of aromatic nitrogens is 3. The van der Waals surface area contributed by atoms with Gasteiger partial charge in [0.25, 0.3) is 0 Å². The fourth-order valence-electron chi connectivity index (χ4n) is 1.85. The summed E-state index contributed by atoms with van der Waals surface area (Å²) in [5, 5.41) is 10.6. The van der Waals surface area contributed by atoms with Crippen LogP contribution in [-0.2, 0) is 12.7 Å². The lowest BCUT2D eigenvalue weighted by Gasteiger charge is -2.07. The molecule has 0 saturated heterocycles. The van der Waals surface area contributed by atoms with Crippen LogP contribution in [0, 0.1) is 0 Å². The maximum absolute atomic E-state index is 12.7. The van der Waals surface area contributed by atoms with E-state index in [-0.39, 0.29) is 12.5 Å². The molecule has 1 aliphatic rings. The van der Waals surface area contributed by atoms with Crippen molar-refractivity contribution >= 4 is 11.6 Å². The van der Waals surface area contributed by atoms with Crippen LogP contribution in [-0.4, -0.2) is 26.6 Å². The first kappa shape index (κ1) is 13.7. The van der Waals surface area contributed by atoms with E-state index in [9.17, 15) is 13.2 Å². The lowest BCUT2D eigenvalue weighted by Crippen LogP contribution is -2.33. The van der Waals surface area contributed by atoms with Gasteiger partial charge in [-0.05, 0) is 25.0 Å². The van der Waals surface area contributed by atoms with Gasteiger partial charge in [-0.25, -0.2) is 4.99 Å². The SMILES string of the molecule is NC(=NCc1nnc2ccc(C(F)(F)F)cn12)NC1CC1. The van der Waals surface area contributed by atoms with Crippen LogP contribution in [0.1, 0.15) is 24.2 Å². The van der Waals surface area contributed by atoms with Gasteiger partial charge in [-0.3, -0.25) is 4.40 Å². The molecule has 112 valence electrons. The number of hydrogen-bond acceptors (Lipinski definition) is 3. The molecular formula is C12H13F3N6. The summed E-state index contributed by atoms with van der Waals surface area (Å²) in [7, 11) is 0. The number of hydrogen-bond donors (Lipinski definition) is 2. The van der Waals surface area contributed by atoms with Crippen molar-refractivity contribution in [2.24, 2.45) is 10.7 Å². The van der Waals surface area contributed by atoms with Gasteiger partial charge < -0.3 is 11.1 Å². The summed E-state index contributed by atoms with van der Waals surface area (Å²) in [5.41, 5.74) is 5.25. The van der Waals surface area contributed by atoms with Gasteiger partial charge in [0.15, 0.2) is 17.4 Å². The molecule has 0 aliphatic heterocycles. The molecular weight excluding hydrogens is 285 g/mol. The van der Waals surface area contributed by atoms with Crippen LogP contribution in [0.5, 0.6) is 0 Å². The number of nitrogens with two attached hydrogens (primary N) is 1. The molecule has 0 radical (unpaired) electrons. The average molecular weight is 298 g/mol. The van der Waals surface area contributed by atoms with Crippen molar-refractivity contribution in [1.82, 2.24) is 19.9 Å². The van der Waals surface area contributed by atoms with Gasteiger partial charge in [0.2, 0.25) is 0 Å². The molecule has 6 nitrogen and oxygen atoms in total. The molecule has 9 heteroatoms. The summed E-state index contributed by atoms with van der Waals surface area (Å²) < 4.78 is 39.4. The minimum Gasteiger partial charge on any atom is -0.370 e. The van der Waals surface area contributed by atoms with E-state index >= 15 is 0 Å². The second kappa shape index (κ2) is 4.90. The standard InChI is InChI=1S/C12H13F3N6/c13-12(14,15)7-1-4-9-19-20-10(21(9)6-7)5-17-11(16)18-8-2-3-8/h1,4,6,8H,2-3,5H2,(H3,16,17,18). The number of nitrogens with one attached hydrogen (secondary N) is 1. The Bertz CT molecular complexity index is 686. The molecule has 0 bridgehead atoms. The summed E-state index contributed by atoms with van der Waals surface area (Å²) in [6.07, 6.45) is -1.34. The number of alkyl halides is 3. The summed E-state index contributed by atoms with van der Waals surface area (Å²) in [4.78, 5) is 4.07. The van der Waals surface area contributed by atoms with Gasteiger partial charge in [-0.2, -0.15) is 13.2 Å². The van der Waals surface area contributed by atoms with E-state index in [1.807, 2.05) is 0 Å².